The number of carbonyl (C=O) groups is 2. The zero-order chi connectivity index (χ0) is 14.6. The van der Waals surface area contributed by atoms with Crippen LogP contribution in [0.2, 0.25) is 0 Å². The van der Waals surface area contributed by atoms with Gasteiger partial charge in [-0.2, -0.15) is 0 Å². The van der Waals surface area contributed by atoms with E-state index < -0.39 is 5.60 Å². The molecule has 1 saturated heterocycles. The van der Waals surface area contributed by atoms with E-state index in [1.807, 2.05) is 0 Å². The highest BCUT2D eigenvalue weighted by atomic mass is 16.5. The van der Waals surface area contributed by atoms with Crippen molar-refractivity contribution in [3.8, 4) is 0 Å². The molecule has 20 heavy (non-hydrogen) atoms. The predicted molar refractivity (Wildman–Crippen MR) is 73.0 cm³/mol. The summed E-state index contributed by atoms with van der Waals surface area (Å²) in [6.07, 6.45) is 3.96. The van der Waals surface area contributed by atoms with Crippen molar-refractivity contribution in [2.24, 2.45) is 5.92 Å². The van der Waals surface area contributed by atoms with Crippen molar-refractivity contribution in [2.75, 3.05) is 33.4 Å². The minimum atomic E-state index is -1.29. The van der Waals surface area contributed by atoms with Crippen LogP contribution in [0, 0.1) is 5.92 Å². The number of aliphatic hydroxyl groups is 1. The quantitative estimate of drug-likeness (QED) is 0.756. The van der Waals surface area contributed by atoms with Crippen molar-refractivity contribution in [3.05, 3.63) is 0 Å². The number of ether oxygens (including phenoxy) is 1. The molecule has 2 rings (SSSR count). The average Bonchev–Trinajstić information content (AvgIpc) is 2.55. The number of carbonyl (C=O) groups excluding carboxylic acids is 2. The Balaban J connectivity index is 1.94. The molecule has 1 atom stereocenters. The summed E-state index contributed by atoms with van der Waals surface area (Å²) in [5.74, 6) is 0.318. The Hall–Kier alpha value is -1.14. The van der Waals surface area contributed by atoms with Gasteiger partial charge in [0, 0.05) is 20.0 Å². The maximum absolute atomic E-state index is 12.3. The highest BCUT2D eigenvalue weighted by molar-refractivity contribution is 5.78. The van der Waals surface area contributed by atoms with Crippen LogP contribution in [0.25, 0.3) is 0 Å². The first-order valence-corrected chi connectivity index (χ1v) is 7.31. The largest absolute Gasteiger partial charge is 0.385 e. The van der Waals surface area contributed by atoms with Gasteiger partial charge in [-0.3, -0.25) is 9.59 Å². The third-order valence-electron chi connectivity index (χ3n) is 4.17. The van der Waals surface area contributed by atoms with E-state index in [0.717, 1.165) is 12.8 Å². The van der Waals surface area contributed by atoms with Gasteiger partial charge in [0.2, 0.25) is 11.8 Å². The molecule has 6 heteroatoms. The van der Waals surface area contributed by atoms with Gasteiger partial charge in [0.15, 0.2) is 0 Å². The van der Waals surface area contributed by atoms with Gasteiger partial charge in [0.1, 0.15) is 5.60 Å². The molecule has 1 saturated carbocycles. The van der Waals surface area contributed by atoms with Crippen LogP contribution in [0.4, 0.5) is 0 Å². The molecule has 114 valence electrons. The minimum absolute atomic E-state index is 0.0449. The fourth-order valence-electron chi connectivity index (χ4n) is 2.70. The van der Waals surface area contributed by atoms with Crippen molar-refractivity contribution in [1.29, 1.82) is 0 Å². The van der Waals surface area contributed by atoms with Crippen LogP contribution in [0.1, 0.15) is 32.1 Å². The molecule has 1 aliphatic heterocycles. The highest BCUT2D eigenvalue weighted by Crippen LogP contribution is 2.30. The van der Waals surface area contributed by atoms with Crippen molar-refractivity contribution >= 4 is 11.8 Å². The van der Waals surface area contributed by atoms with Crippen LogP contribution in [0.3, 0.4) is 0 Å². The van der Waals surface area contributed by atoms with E-state index in [1.165, 1.54) is 13.5 Å². The molecule has 0 aromatic rings. The van der Waals surface area contributed by atoms with Crippen LogP contribution in [0.15, 0.2) is 0 Å². The molecular weight excluding hydrogens is 260 g/mol. The van der Waals surface area contributed by atoms with Gasteiger partial charge >= 0.3 is 0 Å². The first-order chi connectivity index (χ1) is 9.52. The van der Waals surface area contributed by atoms with E-state index in [-0.39, 0.29) is 31.4 Å². The standard InChI is InChI=1S/C14H24N2O4/c1-15-12(17)8-14(19)9-16(5-6-20-10-14)13(18)7-11-3-2-4-11/h11,19H,2-10H2,1H3,(H,15,17)/t14-/m0/s1. The summed E-state index contributed by atoms with van der Waals surface area (Å²) in [6.45, 7) is 1.16. The van der Waals surface area contributed by atoms with Crippen molar-refractivity contribution in [2.45, 2.75) is 37.7 Å². The second-order valence-electron chi connectivity index (χ2n) is 5.94. The molecule has 2 amide bonds. The third kappa shape index (κ3) is 3.93. The summed E-state index contributed by atoms with van der Waals surface area (Å²) in [4.78, 5) is 25.4. The molecule has 1 aliphatic carbocycles. The molecule has 0 radical (unpaired) electrons. The van der Waals surface area contributed by atoms with Gasteiger partial charge in [0.05, 0.1) is 26.2 Å². The summed E-state index contributed by atoms with van der Waals surface area (Å²) < 4.78 is 5.36. The van der Waals surface area contributed by atoms with Crippen LogP contribution in [-0.2, 0) is 14.3 Å². The summed E-state index contributed by atoms with van der Waals surface area (Å²) in [5.41, 5.74) is -1.29. The number of hydrogen-bond acceptors (Lipinski definition) is 4. The molecule has 2 N–H and O–H groups in total. The molecular formula is C14H24N2O4. The third-order valence-corrected chi connectivity index (χ3v) is 4.17. The van der Waals surface area contributed by atoms with Gasteiger partial charge in [-0.25, -0.2) is 0 Å². The molecule has 0 spiro atoms. The first kappa shape index (κ1) is 15.3. The van der Waals surface area contributed by atoms with E-state index >= 15 is 0 Å². The topological polar surface area (TPSA) is 78.9 Å². The summed E-state index contributed by atoms with van der Waals surface area (Å²) in [7, 11) is 1.53. The molecule has 6 nitrogen and oxygen atoms in total. The molecule has 0 aromatic carbocycles. The van der Waals surface area contributed by atoms with E-state index in [0.29, 0.717) is 25.5 Å². The number of nitrogens with zero attached hydrogens (tertiary/aromatic N) is 1. The van der Waals surface area contributed by atoms with Crippen molar-refractivity contribution < 1.29 is 19.4 Å². The lowest BCUT2D eigenvalue weighted by Crippen LogP contribution is -2.49. The van der Waals surface area contributed by atoms with E-state index in [9.17, 15) is 14.7 Å². The number of rotatable bonds is 4. The van der Waals surface area contributed by atoms with E-state index in [1.54, 1.807) is 4.90 Å². The maximum atomic E-state index is 12.3. The fourth-order valence-corrected chi connectivity index (χ4v) is 2.70. The molecule has 2 aliphatic rings. The zero-order valence-corrected chi connectivity index (χ0v) is 12.1. The Morgan fingerprint density at radius 3 is 2.80 bits per heavy atom. The Morgan fingerprint density at radius 2 is 2.20 bits per heavy atom. The smallest absolute Gasteiger partial charge is 0.223 e. The second-order valence-corrected chi connectivity index (χ2v) is 5.94. The molecule has 2 fully saturated rings. The molecule has 0 aromatic heterocycles. The second kappa shape index (κ2) is 6.54. The van der Waals surface area contributed by atoms with Crippen LogP contribution in [0.5, 0.6) is 0 Å². The first-order valence-electron chi connectivity index (χ1n) is 7.31. The van der Waals surface area contributed by atoms with Gasteiger partial charge in [-0.15, -0.1) is 0 Å². The molecule has 0 unspecified atom stereocenters. The number of nitrogens with one attached hydrogen (secondary N) is 1. The SMILES string of the molecule is CNC(=O)C[C@@]1(O)COCCN(C(=O)CC2CCC2)C1. The summed E-state index contributed by atoms with van der Waals surface area (Å²) in [5, 5.41) is 13.0. The average molecular weight is 284 g/mol. The van der Waals surface area contributed by atoms with Gasteiger partial charge in [0.25, 0.3) is 0 Å². The number of β-amino-alcohol motifs (C(OH)–C–C–N with tert-alkyl or cyclic N) is 1. The van der Waals surface area contributed by atoms with Gasteiger partial charge in [-0.1, -0.05) is 6.42 Å². The van der Waals surface area contributed by atoms with E-state index in [2.05, 4.69) is 5.32 Å². The highest BCUT2D eigenvalue weighted by Gasteiger charge is 2.36. The Labute approximate surface area is 119 Å². The molecule has 1 heterocycles. The monoisotopic (exact) mass is 284 g/mol. The zero-order valence-electron chi connectivity index (χ0n) is 12.1. The lowest BCUT2D eigenvalue weighted by Gasteiger charge is -2.32. The van der Waals surface area contributed by atoms with Crippen LogP contribution in [-0.4, -0.2) is 60.8 Å². The Kier molecular flexibility index (Phi) is 4.99. The lowest BCUT2D eigenvalue weighted by atomic mass is 9.82. The van der Waals surface area contributed by atoms with Crippen molar-refractivity contribution in [1.82, 2.24) is 10.2 Å². The minimum Gasteiger partial charge on any atom is -0.385 e. The molecule has 0 bridgehead atoms. The van der Waals surface area contributed by atoms with Gasteiger partial charge in [-0.05, 0) is 18.8 Å². The van der Waals surface area contributed by atoms with Gasteiger partial charge < -0.3 is 20.1 Å². The summed E-state index contributed by atoms with van der Waals surface area (Å²) in [6, 6.07) is 0. The lowest BCUT2D eigenvalue weighted by molar-refractivity contribution is -0.138. The number of hydrogen-bond donors (Lipinski definition) is 2. The number of amides is 2. The Morgan fingerprint density at radius 1 is 1.45 bits per heavy atom. The Bertz CT molecular complexity index is 370. The van der Waals surface area contributed by atoms with Crippen LogP contribution < -0.4 is 5.32 Å². The summed E-state index contributed by atoms with van der Waals surface area (Å²) >= 11 is 0. The van der Waals surface area contributed by atoms with E-state index in [4.69, 9.17) is 4.74 Å². The maximum Gasteiger partial charge on any atom is 0.223 e. The predicted octanol–water partition coefficient (Wildman–Crippen LogP) is -0.0974. The normalized spacial score (nSPS) is 27.6. The fraction of sp³-hybridized carbons (Fsp3) is 0.857. The van der Waals surface area contributed by atoms with Crippen molar-refractivity contribution in [3.63, 3.8) is 0 Å². The van der Waals surface area contributed by atoms with Crippen LogP contribution >= 0.6 is 0 Å².